The van der Waals surface area contributed by atoms with Crippen LogP contribution in [0.25, 0.3) is 0 Å². The molecule has 0 heterocycles. The highest BCUT2D eigenvalue weighted by atomic mass is 16.5. The molecule has 4 nitrogen and oxygen atoms in total. The molecular formula is C20H28O4. The molecule has 0 bridgehead atoms. The van der Waals surface area contributed by atoms with Crippen molar-refractivity contribution in [2.24, 2.45) is 23.2 Å². The highest BCUT2D eigenvalue weighted by Crippen LogP contribution is 2.63. The quantitative estimate of drug-likeness (QED) is 0.749. The van der Waals surface area contributed by atoms with Gasteiger partial charge in [0.1, 0.15) is 6.10 Å². The molecule has 0 aromatic carbocycles. The second-order valence-corrected chi connectivity index (χ2v) is 8.70. The number of hydrogen-bond donors (Lipinski definition) is 1. The van der Waals surface area contributed by atoms with Crippen molar-refractivity contribution in [2.45, 2.75) is 76.9 Å². The number of esters is 1. The van der Waals surface area contributed by atoms with Crippen LogP contribution in [0.2, 0.25) is 0 Å². The number of aliphatic hydroxyl groups is 1. The Labute approximate surface area is 143 Å². The van der Waals surface area contributed by atoms with E-state index >= 15 is 0 Å². The predicted molar refractivity (Wildman–Crippen MR) is 89.1 cm³/mol. The summed E-state index contributed by atoms with van der Waals surface area (Å²) in [6.07, 6.45) is 8.72. The fraction of sp³-hybridized carbons (Fsp3) is 0.800. The van der Waals surface area contributed by atoms with Crippen LogP contribution in [-0.2, 0) is 14.3 Å². The van der Waals surface area contributed by atoms with Crippen molar-refractivity contribution in [2.75, 3.05) is 0 Å². The van der Waals surface area contributed by atoms with Crippen molar-refractivity contribution in [3.05, 3.63) is 11.6 Å². The highest BCUT2D eigenvalue weighted by molar-refractivity contribution is 5.92. The minimum atomic E-state index is -0.766. The number of rotatable bonds is 1. The molecule has 24 heavy (non-hydrogen) atoms. The van der Waals surface area contributed by atoms with Gasteiger partial charge in [-0.15, -0.1) is 0 Å². The van der Waals surface area contributed by atoms with Crippen molar-refractivity contribution in [3.8, 4) is 0 Å². The van der Waals surface area contributed by atoms with Gasteiger partial charge in [0.05, 0.1) is 5.60 Å². The van der Waals surface area contributed by atoms with Gasteiger partial charge < -0.3 is 9.84 Å². The second kappa shape index (κ2) is 5.42. The van der Waals surface area contributed by atoms with E-state index in [-0.39, 0.29) is 29.2 Å². The number of hydrogen-bond acceptors (Lipinski definition) is 4. The van der Waals surface area contributed by atoms with Gasteiger partial charge in [-0.3, -0.25) is 9.59 Å². The van der Waals surface area contributed by atoms with Crippen LogP contribution >= 0.6 is 0 Å². The van der Waals surface area contributed by atoms with Gasteiger partial charge >= 0.3 is 5.97 Å². The molecule has 0 spiro atoms. The van der Waals surface area contributed by atoms with E-state index in [1.807, 2.05) is 0 Å². The number of ketones is 1. The number of carbonyl (C=O) groups excluding carboxylic acids is 2. The number of fused-ring (bicyclic) bond motifs is 5. The molecule has 0 aromatic heterocycles. The Balaban J connectivity index is 1.62. The molecule has 4 rings (SSSR count). The zero-order valence-electron chi connectivity index (χ0n) is 14.7. The first-order valence-corrected chi connectivity index (χ1v) is 9.48. The SMILES string of the molecule is CC(=O)OC1CC[C@H]2[C@@H]3CCC4=CC(=O)CC[C@]4(O)[C@H]3CC[C@]12C. The lowest BCUT2D eigenvalue weighted by molar-refractivity contribution is -0.160. The molecule has 4 heteroatoms. The van der Waals surface area contributed by atoms with Gasteiger partial charge in [-0.05, 0) is 74.3 Å². The molecule has 1 N–H and O–H groups in total. The molecular weight excluding hydrogens is 304 g/mol. The summed E-state index contributed by atoms with van der Waals surface area (Å²) in [5, 5.41) is 11.4. The topological polar surface area (TPSA) is 63.6 Å². The minimum Gasteiger partial charge on any atom is -0.462 e. The highest BCUT2D eigenvalue weighted by Gasteiger charge is 2.60. The fourth-order valence-corrected chi connectivity index (χ4v) is 6.53. The lowest BCUT2D eigenvalue weighted by Gasteiger charge is -2.56. The van der Waals surface area contributed by atoms with E-state index < -0.39 is 5.60 Å². The number of carbonyl (C=O) groups is 2. The third kappa shape index (κ3) is 2.22. The van der Waals surface area contributed by atoms with E-state index in [9.17, 15) is 14.7 Å². The first-order chi connectivity index (χ1) is 11.3. The molecule has 0 aliphatic heterocycles. The Morgan fingerprint density at radius 1 is 1.17 bits per heavy atom. The molecule has 4 aliphatic rings. The summed E-state index contributed by atoms with van der Waals surface area (Å²) in [7, 11) is 0. The van der Waals surface area contributed by atoms with Crippen molar-refractivity contribution in [1.82, 2.24) is 0 Å². The van der Waals surface area contributed by atoms with Gasteiger partial charge in [0.15, 0.2) is 5.78 Å². The molecule has 1 unspecified atom stereocenters. The summed E-state index contributed by atoms with van der Waals surface area (Å²) < 4.78 is 5.65. The van der Waals surface area contributed by atoms with Crippen molar-refractivity contribution in [1.29, 1.82) is 0 Å². The summed E-state index contributed by atoms with van der Waals surface area (Å²) in [6.45, 7) is 3.79. The second-order valence-electron chi connectivity index (χ2n) is 8.70. The van der Waals surface area contributed by atoms with Crippen LogP contribution < -0.4 is 0 Å². The van der Waals surface area contributed by atoms with Crippen LogP contribution in [0.15, 0.2) is 11.6 Å². The molecule has 3 saturated carbocycles. The molecule has 0 saturated heterocycles. The summed E-state index contributed by atoms with van der Waals surface area (Å²) in [5.74, 6) is 1.26. The smallest absolute Gasteiger partial charge is 0.302 e. The van der Waals surface area contributed by atoms with E-state index in [1.165, 1.54) is 6.92 Å². The summed E-state index contributed by atoms with van der Waals surface area (Å²) in [4.78, 5) is 23.2. The van der Waals surface area contributed by atoms with Crippen LogP contribution in [0.3, 0.4) is 0 Å². The van der Waals surface area contributed by atoms with E-state index in [4.69, 9.17) is 4.74 Å². The van der Waals surface area contributed by atoms with Crippen LogP contribution in [0, 0.1) is 23.2 Å². The average Bonchev–Trinajstić information content (AvgIpc) is 2.84. The fourth-order valence-electron chi connectivity index (χ4n) is 6.53. The third-order valence-electron chi connectivity index (χ3n) is 7.66. The average molecular weight is 332 g/mol. The van der Waals surface area contributed by atoms with E-state index in [0.717, 1.165) is 44.1 Å². The van der Waals surface area contributed by atoms with Crippen LogP contribution in [0.5, 0.6) is 0 Å². The standard InChI is InChI=1S/C20H28O4/c1-12(21)24-18-6-5-16-15-4-3-13-11-14(22)7-10-20(13,23)17(15)8-9-19(16,18)2/h11,15-18,23H,3-10H2,1-2H3/t15-,16-,17-,18?,19-,20+/m0/s1. The maximum atomic E-state index is 11.8. The lowest BCUT2D eigenvalue weighted by atomic mass is 9.50. The first-order valence-electron chi connectivity index (χ1n) is 9.48. The molecule has 4 aliphatic carbocycles. The van der Waals surface area contributed by atoms with E-state index in [1.54, 1.807) is 6.08 Å². The molecule has 132 valence electrons. The Bertz CT molecular complexity index is 609. The Hall–Kier alpha value is -1.16. The lowest BCUT2D eigenvalue weighted by Crippen LogP contribution is -2.55. The maximum Gasteiger partial charge on any atom is 0.302 e. The van der Waals surface area contributed by atoms with Gasteiger partial charge in [-0.25, -0.2) is 0 Å². The largest absolute Gasteiger partial charge is 0.462 e. The predicted octanol–water partition coefficient (Wildman–Crippen LogP) is 3.17. The van der Waals surface area contributed by atoms with Gasteiger partial charge in [0, 0.05) is 18.8 Å². The third-order valence-corrected chi connectivity index (χ3v) is 7.66. The van der Waals surface area contributed by atoms with Gasteiger partial charge in [0.2, 0.25) is 0 Å². The zero-order valence-corrected chi connectivity index (χ0v) is 14.7. The van der Waals surface area contributed by atoms with Crippen molar-refractivity contribution < 1.29 is 19.4 Å². The van der Waals surface area contributed by atoms with Crippen LogP contribution in [0.1, 0.15) is 65.2 Å². The summed E-state index contributed by atoms with van der Waals surface area (Å²) >= 11 is 0. The van der Waals surface area contributed by atoms with E-state index in [2.05, 4.69) is 6.92 Å². The van der Waals surface area contributed by atoms with Crippen molar-refractivity contribution >= 4 is 11.8 Å². The monoisotopic (exact) mass is 332 g/mol. The summed E-state index contributed by atoms with van der Waals surface area (Å²) in [6, 6.07) is 0. The van der Waals surface area contributed by atoms with Crippen LogP contribution in [-0.4, -0.2) is 28.6 Å². The van der Waals surface area contributed by atoms with E-state index in [0.29, 0.717) is 24.7 Å². The molecule has 0 aromatic rings. The zero-order chi connectivity index (χ0) is 17.1. The first kappa shape index (κ1) is 16.3. The normalized spacial score (nSPS) is 47.3. The van der Waals surface area contributed by atoms with Gasteiger partial charge in [0.25, 0.3) is 0 Å². The molecule has 0 radical (unpaired) electrons. The Kier molecular flexibility index (Phi) is 3.68. The summed E-state index contributed by atoms with van der Waals surface area (Å²) in [5.41, 5.74) is 0.269. The molecule has 3 fully saturated rings. The van der Waals surface area contributed by atoms with Gasteiger partial charge in [-0.2, -0.15) is 0 Å². The number of ether oxygens (including phenoxy) is 1. The molecule has 0 amide bonds. The maximum absolute atomic E-state index is 11.8. The van der Waals surface area contributed by atoms with Crippen molar-refractivity contribution in [3.63, 3.8) is 0 Å². The minimum absolute atomic E-state index is 0.0282. The molecule has 6 atom stereocenters. The van der Waals surface area contributed by atoms with Crippen LogP contribution in [0.4, 0.5) is 0 Å². The van der Waals surface area contributed by atoms with Gasteiger partial charge in [-0.1, -0.05) is 6.92 Å². The Morgan fingerprint density at radius 2 is 1.96 bits per heavy atom. The Morgan fingerprint density at radius 3 is 2.71 bits per heavy atom.